The molecule has 1 fully saturated rings. The van der Waals surface area contributed by atoms with Crippen molar-refractivity contribution in [3.8, 4) is 5.75 Å². The van der Waals surface area contributed by atoms with Crippen LogP contribution in [-0.2, 0) is 4.79 Å². The maximum absolute atomic E-state index is 12.9. The predicted molar refractivity (Wildman–Crippen MR) is 117 cm³/mol. The molecule has 1 saturated heterocycles. The second-order valence-electron chi connectivity index (χ2n) is 5.64. The first-order valence-corrected chi connectivity index (χ1v) is 9.89. The lowest BCUT2D eigenvalue weighted by Gasteiger charge is -2.15. The van der Waals surface area contributed by atoms with Gasteiger partial charge in [0.15, 0.2) is 4.32 Å². The minimum absolute atomic E-state index is 0.125. The number of amides is 1. The smallest absolute Gasteiger partial charge is 0.270 e. The highest BCUT2D eigenvalue weighted by Crippen LogP contribution is 2.37. The van der Waals surface area contributed by atoms with E-state index in [1.54, 1.807) is 11.0 Å². The summed E-state index contributed by atoms with van der Waals surface area (Å²) in [7, 11) is 0. The van der Waals surface area contributed by atoms with Crippen molar-refractivity contribution in [1.29, 1.82) is 0 Å². The molecule has 6 heteroatoms. The minimum atomic E-state index is -0.125. The number of hydrogen-bond donors (Lipinski definition) is 0. The summed E-state index contributed by atoms with van der Waals surface area (Å²) >= 11 is 10.2. The molecule has 26 heavy (non-hydrogen) atoms. The van der Waals surface area contributed by atoms with E-state index in [1.165, 1.54) is 11.8 Å². The van der Waals surface area contributed by atoms with E-state index in [9.17, 15) is 4.79 Å². The van der Waals surface area contributed by atoms with E-state index in [4.69, 9.17) is 17.0 Å². The predicted octanol–water partition coefficient (Wildman–Crippen LogP) is 5.73. The third-order valence-electron chi connectivity index (χ3n) is 3.67. The monoisotopic (exact) mass is 445 g/mol. The van der Waals surface area contributed by atoms with Gasteiger partial charge in [0, 0.05) is 10.0 Å². The van der Waals surface area contributed by atoms with Crippen LogP contribution in [0, 0.1) is 6.92 Å². The molecule has 1 aliphatic rings. The highest BCUT2D eigenvalue weighted by atomic mass is 79.9. The molecule has 1 amide bonds. The Hall–Kier alpha value is -1.89. The summed E-state index contributed by atoms with van der Waals surface area (Å²) in [5.41, 5.74) is 2.67. The Morgan fingerprint density at radius 1 is 1.31 bits per heavy atom. The van der Waals surface area contributed by atoms with Crippen LogP contribution in [0.3, 0.4) is 0 Å². The van der Waals surface area contributed by atoms with E-state index in [-0.39, 0.29) is 5.91 Å². The van der Waals surface area contributed by atoms with Crippen molar-refractivity contribution in [3.63, 3.8) is 0 Å². The SMILES string of the molecule is C=CCOc1ccc(Br)cc1/C=C1\SC(=S)N(c2cccc(C)c2)C1=O. The van der Waals surface area contributed by atoms with Crippen molar-refractivity contribution in [2.45, 2.75) is 6.92 Å². The van der Waals surface area contributed by atoms with Crippen LogP contribution >= 0.6 is 39.9 Å². The van der Waals surface area contributed by atoms with Crippen LogP contribution < -0.4 is 9.64 Å². The van der Waals surface area contributed by atoms with Crippen LogP contribution in [0.2, 0.25) is 0 Å². The molecule has 0 spiro atoms. The van der Waals surface area contributed by atoms with Gasteiger partial charge in [0.1, 0.15) is 12.4 Å². The normalized spacial score (nSPS) is 15.6. The maximum atomic E-state index is 12.9. The number of benzene rings is 2. The minimum Gasteiger partial charge on any atom is -0.489 e. The number of thioether (sulfide) groups is 1. The van der Waals surface area contributed by atoms with Crippen molar-refractivity contribution in [1.82, 2.24) is 0 Å². The van der Waals surface area contributed by atoms with Gasteiger partial charge in [0.2, 0.25) is 0 Å². The Kier molecular flexibility index (Phi) is 5.96. The topological polar surface area (TPSA) is 29.5 Å². The van der Waals surface area contributed by atoms with Gasteiger partial charge in [0.25, 0.3) is 5.91 Å². The number of anilines is 1. The van der Waals surface area contributed by atoms with Gasteiger partial charge in [-0.1, -0.05) is 64.7 Å². The number of halogens is 1. The molecule has 0 aromatic heterocycles. The number of hydrogen-bond acceptors (Lipinski definition) is 4. The molecule has 0 atom stereocenters. The summed E-state index contributed by atoms with van der Waals surface area (Å²) in [6.45, 7) is 6.05. The van der Waals surface area contributed by atoms with Crippen molar-refractivity contribution in [3.05, 3.63) is 75.6 Å². The Labute approximate surface area is 170 Å². The first-order valence-electron chi connectivity index (χ1n) is 7.87. The summed E-state index contributed by atoms with van der Waals surface area (Å²) in [4.78, 5) is 15.1. The van der Waals surface area contributed by atoms with Crippen molar-refractivity contribution < 1.29 is 9.53 Å². The average molecular weight is 446 g/mol. The average Bonchev–Trinajstić information content (AvgIpc) is 2.88. The van der Waals surface area contributed by atoms with Crippen LogP contribution in [0.15, 0.2) is 64.5 Å². The molecule has 3 nitrogen and oxygen atoms in total. The molecule has 1 aliphatic heterocycles. The maximum Gasteiger partial charge on any atom is 0.270 e. The van der Waals surface area contributed by atoms with Gasteiger partial charge in [-0.25, -0.2) is 0 Å². The van der Waals surface area contributed by atoms with Gasteiger partial charge in [-0.05, 0) is 48.9 Å². The number of aryl methyl sites for hydroxylation is 1. The number of thiocarbonyl (C=S) groups is 1. The Morgan fingerprint density at radius 2 is 2.12 bits per heavy atom. The molecular weight excluding hydrogens is 430 g/mol. The third kappa shape index (κ3) is 4.09. The zero-order valence-corrected chi connectivity index (χ0v) is 17.3. The van der Waals surface area contributed by atoms with E-state index in [0.717, 1.165) is 21.3 Å². The number of carbonyl (C=O) groups is 1. The molecular formula is C20H16BrNO2S2. The summed E-state index contributed by atoms with van der Waals surface area (Å²) in [6.07, 6.45) is 3.50. The summed E-state index contributed by atoms with van der Waals surface area (Å²) in [6, 6.07) is 13.4. The molecule has 2 aromatic rings. The Bertz CT molecular complexity index is 924. The first kappa shape index (κ1) is 18.9. The molecule has 3 rings (SSSR count). The zero-order valence-electron chi connectivity index (χ0n) is 14.1. The quantitative estimate of drug-likeness (QED) is 0.334. The lowest BCUT2D eigenvalue weighted by atomic mass is 10.1. The largest absolute Gasteiger partial charge is 0.489 e. The van der Waals surface area contributed by atoms with Gasteiger partial charge in [0.05, 0.1) is 10.6 Å². The Balaban J connectivity index is 1.96. The number of nitrogens with zero attached hydrogens (tertiary/aromatic N) is 1. The summed E-state index contributed by atoms with van der Waals surface area (Å²) < 4.78 is 7.12. The summed E-state index contributed by atoms with van der Waals surface area (Å²) in [5.74, 6) is 0.564. The second-order valence-corrected chi connectivity index (χ2v) is 8.23. The van der Waals surface area contributed by atoms with Crippen molar-refractivity contribution >= 4 is 61.9 Å². The van der Waals surface area contributed by atoms with Crippen LogP contribution in [0.5, 0.6) is 5.75 Å². The fourth-order valence-electron chi connectivity index (χ4n) is 2.51. The molecule has 2 aromatic carbocycles. The van der Waals surface area contributed by atoms with Gasteiger partial charge in [-0.15, -0.1) is 0 Å². The molecule has 0 aliphatic carbocycles. The summed E-state index contributed by atoms with van der Waals surface area (Å²) in [5, 5.41) is 0. The first-order chi connectivity index (χ1) is 12.5. The molecule has 132 valence electrons. The van der Waals surface area contributed by atoms with Crippen LogP contribution in [0.1, 0.15) is 11.1 Å². The molecule has 0 radical (unpaired) electrons. The fraction of sp³-hybridized carbons (Fsp3) is 0.100. The van der Waals surface area contributed by atoms with E-state index in [1.807, 2.05) is 55.5 Å². The third-order valence-corrected chi connectivity index (χ3v) is 5.46. The number of rotatable bonds is 5. The molecule has 0 saturated carbocycles. The molecule has 0 unspecified atom stereocenters. The second kappa shape index (κ2) is 8.20. The standard InChI is InChI=1S/C20H16BrNO2S2/c1-3-9-24-17-8-7-15(21)11-14(17)12-18-19(23)22(20(25)26-18)16-6-4-5-13(2)10-16/h3-8,10-12H,1,9H2,2H3/b18-12-. The highest BCUT2D eigenvalue weighted by molar-refractivity contribution is 9.10. The number of carbonyl (C=O) groups excluding carboxylic acids is 1. The fourth-order valence-corrected chi connectivity index (χ4v) is 4.18. The lowest BCUT2D eigenvalue weighted by molar-refractivity contribution is -0.113. The van der Waals surface area contributed by atoms with E-state index in [2.05, 4.69) is 22.5 Å². The van der Waals surface area contributed by atoms with E-state index in [0.29, 0.717) is 21.6 Å². The van der Waals surface area contributed by atoms with Gasteiger partial charge < -0.3 is 4.74 Å². The van der Waals surface area contributed by atoms with E-state index < -0.39 is 0 Å². The van der Waals surface area contributed by atoms with Gasteiger partial charge >= 0.3 is 0 Å². The molecule has 0 bridgehead atoms. The highest BCUT2D eigenvalue weighted by Gasteiger charge is 2.33. The van der Waals surface area contributed by atoms with Crippen LogP contribution in [-0.4, -0.2) is 16.8 Å². The van der Waals surface area contributed by atoms with E-state index >= 15 is 0 Å². The van der Waals surface area contributed by atoms with Crippen LogP contribution in [0.4, 0.5) is 5.69 Å². The van der Waals surface area contributed by atoms with Crippen molar-refractivity contribution in [2.75, 3.05) is 11.5 Å². The Morgan fingerprint density at radius 3 is 2.85 bits per heavy atom. The molecule has 0 N–H and O–H groups in total. The molecule has 1 heterocycles. The van der Waals surface area contributed by atoms with Gasteiger partial charge in [-0.3, -0.25) is 9.69 Å². The number of ether oxygens (including phenoxy) is 1. The zero-order chi connectivity index (χ0) is 18.7. The van der Waals surface area contributed by atoms with Crippen LogP contribution in [0.25, 0.3) is 6.08 Å². The lowest BCUT2D eigenvalue weighted by Crippen LogP contribution is -2.27. The van der Waals surface area contributed by atoms with Gasteiger partial charge in [-0.2, -0.15) is 0 Å². The van der Waals surface area contributed by atoms with Crippen molar-refractivity contribution in [2.24, 2.45) is 0 Å².